The van der Waals surface area contributed by atoms with Gasteiger partial charge < -0.3 is 9.63 Å². The van der Waals surface area contributed by atoms with E-state index in [0.29, 0.717) is 47.3 Å². The van der Waals surface area contributed by atoms with Crippen LogP contribution < -0.4 is 0 Å². The molecular formula is C29H24F3N3O3. The van der Waals surface area contributed by atoms with Crippen molar-refractivity contribution >= 4 is 5.97 Å². The molecule has 2 aliphatic rings. The SMILES string of the molecule is Cc1cc(-c2nc(-c3ccc4c(c3)CN([C@H]3C[C@H](C(=O)O)C3)C4)no2)ccc1-c1cccc(C(F)(F)F)c1. The summed E-state index contributed by atoms with van der Waals surface area (Å²) in [6.07, 6.45) is -3.02. The van der Waals surface area contributed by atoms with Gasteiger partial charge in [0.25, 0.3) is 5.89 Å². The molecule has 0 saturated heterocycles. The van der Waals surface area contributed by atoms with Gasteiger partial charge in [-0.3, -0.25) is 9.69 Å². The number of carboxylic acid groups (broad SMARTS) is 1. The van der Waals surface area contributed by atoms with E-state index in [1.165, 1.54) is 17.2 Å². The quantitative estimate of drug-likeness (QED) is 0.321. The second-order valence-corrected chi connectivity index (χ2v) is 10.1. The van der Waals surface area contributed by atoms with E-state index in [9.17, 15) is 18.0 Å². The summed E-state index contributed by atoms with van der Waals surface area (Å²) in [5.74, 6) is -0.168. The normalized spacial score (nSPS) is 19.3. The van der Waals surface area contributed by atoms with Crippen LogP contribution in [0.5, 0.6) is 0 Å². The van der Waals surface area contributed by atoms with Gasteiger partial charge >= 0.3 is 12.1 Å². The Labute approximate surface area is 216 Å². The van der Waals surface area contributed by atoms with Crippen molar-refractivity contribution in [3.63, 3.8) is 0 Å². The molecule has 2 heterocycles. The number of alkyl halides is 3. The van der Waals surface area contributed by atoms with Gasteiger partial charge in [-0.1, -0.05) is 35.5 Å². The van der Waals surface area contributed by atoms with Crippen LogP contribution in [0.1, 0.15) is 35.1 Å². The number of hydrogen-bond acceptors (Lipinski definition) is 5. The maximum absolute atomic E-state index is 13.1. The van der Waals surface area contributed by atoms with Crippen LogP contribution in [0.2, 0.25) is 0 Å². The third-order valence-corrected chi connectivity index (χ3v) is 7.59. The second kappa shape index (κ2) is 9.09. The Morgan fingerprint density at radius 2 is 1.74 bits per heavy atom. The minimum Gasteiger partial charge on any atom is -0.481 e. The Morgan fingerprint density at radius 3 is 2.47 bits per heavy atom. The average Bonchev–Trinajstić information content (AvgIpc) is 3.49. The fourth-order valence-electron chi connectivity index (χ4n) is 5.35. The monoisotopic (exact) mass is 519 g/mol. The molecular weight excluding hydrogens is 495 g/mol. The van der Waals surface area contributed by atoms with Crippen LogP contribution in [0.25, 0.3) is 34.0 Å². The largest absolute Gasteiger partial charge is 0.481 e. The first kappa shape index (κ1) is 24.4. The molecule has 0 amide bonds. The van der Waals surface area contributed by atoms with Crippen LogP contribution in [0.3, 0.4) is 0 Å². The highest BCUT2D eigenvalue weighted by Crippen LogP contribution is 2.38. The van der Waals surface area contributed by atoms with Gasteiger partial charge in [0.05, 0.1) is 11.5 Å². The Morgan fingerprint density at radius 1 is 0.974 bits per heavy atom. The predicted octanol–water partition coefficient (Wildman–Crippen LogP) is 6.58. The number of aryl methyl sites for hydroxylation is 1. The summed E-state index contributed by atoms with van der Waals surface area (Å²) in [7, 11) is 0. The van der Waals surface area contributed by atoms with Crippen LogP contribution in [0, 0.1) is 12.8 Å². The van der Waals surface area contributed by atoms with Crippen molar-refractivity contribution < 1.29 is 27.6 Å². The lowest BCUT2D eigenvalue weighted by Crippen LogP contribution is -2.44. The summed E-state index contributed by atoms with van der Waals surface area (Å²) in [5.41, 5.74) is 5.20. The van der Waals surface area contributed by atoms with Gasteiger partial charge in [-0.15, -0.1) is 0 Å². The Hall–Kier alpha value is -3.98. The average molecular weight is 520 g/mol. The van der Waals surface area contributed by atoms with Crippen LogP contribution in [-0.4, -0.2) is 32.2 Å². The number of fused-ring (bicyclic) bond motifs is 1. The predicted molar refractivity (Wildman–Crippen MR) is 134 cm³/mol. The Balaban J connectivity index is 1.19. The molecule has 6 nitrogen and oxygen atoms in total. The minimum absolute atomic E-state index is 0.236. The Bertz CT molecular complexity index is 1540. The number of aromatic nitrogens is 2. The van der Waals surface area contributed by atoms with Gasteiger partial charge in [0.15, 0.2) is 0 Å². The molecule has 1 aromatic heterocycles. The lowest BCUT2D eigenvalue weighted by Gasteiger charge is -2.39. The first-order valence-electron chi connectivity index (χ1n) is 12.4. The molecule has 4 aromatic rings. The number of carboxylic acids is 1. The van der Waals surface area contributed by atoms with E-state index in [0.717, 1.165) is 36.3 Å². The lowest BCUT2D eigenvalue weighted by atomic mass is 9.79. The first-order chi connectivity index (χ1) is 18.2. The standard InChI is InChI=1S/C29H24F3N3O3/c1-16-9-19(7-8-25(16)17-3-2-4-23(11-17)29(30,31)32)27-33-26(34-38-27)18-5-6-20-14-35(15-22(20)10-18)24-12-21(13-24)28(36)37/h2-11,21,24H,12-15H2,1H3,(H,36,37)/t21-,24-. The molecule has 9 heteroatoms. The maximum atomic E-state index is 13.1. The lowest BCUT2D eigenvalue weighted by molar-refractivity contribution is -0.147. The molecule has 6 rings (SSSR count). The molecule has 1 saturated carbocycles. The molecule has 0 atom stereocenters. The van der Waals surface area contributed by atoms with E-state index in [1.807, 2.05) is 19.1 Å². The number of halogens is 3. The van der Waals surface area contributed by atoms with E-state index in [4.69, 9.17) is 9.63 Å². The number of nitrogens with zero attached hydrogens (tertiary/aromatic N) is 3. The molecule has 1 N–H and O–H groups in total. The number of benzene rings is 3. The van der Waals surface area contributed by atoms with E-state index < -0.39 is 17.7 Å². The molecule has 38 heavy (non-hydrogen) atoms. The minimum atomic E-state index is -4.40. The van der Waals surface area contributed by atoms with Crippen LogP contribution >= 0.6 is 0 Å². The van der Waals surface area contributed by atoms with Crippen molar-refractivity contribution in [2.75, 3.05) is 0 Å². The van der Waals surface area contributed by atoms with Crippen LogP contribution in [0.15, 0.2) is 65.2 Å². The second-order valence-electron chi connectivity index (χ2n) is 10.1. The zero-order valence-corrected chi connectivity index (χ0v) is 20.5. The van der Waals surface area contributed by atoms with E-state index >= 15 is 0 Å². The highest BCUT2D eigenvalue weighted by atomic mass is 19.4. The maximum Gasteiger partial charge on any atom is 0.416 e. The van der Waals surface area contributed by atoms with Crippen LogP contribution in [0.4, 0.5) is 13.2 Å². The molecule has 194 valence electrons. The molecule has 0 radical (unpaired) electrons. The third kappa shape index (κ3) is 4.47. The van der Waals surface area contributed by atoms with Gasteiger partial charge in [-0.05, 0) is 77.9 Å². The first-order valence-corrected chi connectivity index (χ1v) is 12.4. The highest BCUT2D eigenvalue weighted by Gasteiger charge is 2.39. The molecule has 1 fully saturated rings. The topological polar surface area (TPSA) is 79.5 Å². The van der Waals surface area contributed by atoms with Gasteiger partial charge in [0.1, 0.15) is 0 Å². The summed E-state index contributed by atoms with van der Waals surface area (Å²) >= 11 is 0. The summed E-state index contributed by atoms with van der Waals surface area (Å²) < 4.78 is 45.0. The number of aliphatic carboxylic acids is 1. The fourth-order valence-corrected chi connectivity index (χ4v) is 5.35. The van der Waals surface area contributed by atoms with Gasteiger partial charge in [-0.2, -0.15) is 18.2 Å². The fraction of sp³-hybridized carbons (Fsp3) is 0.276. The molecule has 1 aliphatic carbocycles. The van der Waals surface area contributed by atoms with Crippen LogP contribution in [-0.2, 0) is 24.1 Å². The Kier molecular flexibility index (Phi) is 5.83. The summed E-state index contributed by atoms with van der Waals surface area (Å²) in [4.78, 5) is 18.0. The number of carbonyl (C=O) groups is 1. The van der Waals surface area contributed by atoms with Crippen molar-refractivity contribution in [2.24, 2.45) is 5.92 Å². The molecule has 0 bridgehead atoms. The molecule has 3 aromatic carbocycles. The summed E-state index contributed by atoms with van der Waals surface area (Å²) in [6, 6.07) is 17.0. The number of rotatable bonds is 5. The zero-order valence-electron chi connectivity index (χ0n) is 20.5. The third-order valence-electron chi connectivity index (χ3n) is 7.59. The van der Waals surface area contributed by atoms with E-state index in [-0.39, 0.29) is 5.92 Å². The van der Waals surface area contributed by atoms with Crippen molar-refractivity contribution in [3.05, 3.63) is 82.9 Å². The zero-order chi connectivity index (χ0) is 26.6. The van der Waals surface area contributed by atoms with Gasteiger partial charge in [-0.25, -0.2) is 0 Å². The van der Waals surface area contributed by atoms with Gasteiger partial charge in [0, 0.05) is 30.3 Å². The molecule has 0 spiro atoms. The molecule has 1 aliphatic heterocycles. The molecule has 0 unspecified atom stereocenters. The van der Waals surface area contributed by atoms with Crippen molar-refractivity contribution in [1.29, 1.82) is 0 Å². The number of hydrogen-bond donors (Lipinski definition) is 1. The summed E-state index contributed by atoms with van der Waals surface area (Å²) in [6.45, 7) is 3.41. The van der Waals surface area contributed by atoms with E-state index in [1.54, 1.807) is 18.2 Å². The van der Waals surface area contributed by atoms with Crippen molar-refractivity contribution in [2.45, 2.75) is 45.1 Å². The van der Waals surface area contributed by atoms with Crippen molar-refractivity contribution in [1.82, 2.24) is 15.0 Å². The summed E-state index contributed by atoms with van der Waals surface area (Å²) in [5, 5.41) is 13.3. The van der Waals surface area contributed by atoms with Crippen molar-refractivity contribution in [3.8, 4) is 34.0 Å². The van der Waals surface area contributed by atoms with E-state index in [2.05, 4.69) is 27.2 Å². The smallest absolute Gasteiger partial charge is 0.416 e. The van der Waals surface area contributed by atoms with Gasteiger partial charge in [0.2, 0.25) is 5.82 Å². The highest BCUT2D eigenvalue weighted by molar-refractivity contribution is 5.72.